The molecule has 12 saturated carbocycles. The quantitative estimate of drug-likeness (QED) is 0.407. The Labute approximate surface area is 241 Å². The van der Waals surface area contributed by atoms with Crippen molar-refractivity contribution in [3.8, 4) is 0 Å². The molecule has 214 valence electrons. The van der Waals surface area contributed by atoms with Gasteiger partial charge in [0.2, 0.25) is 5.91 Å². The molecular formula is C37H50N2O. The van der Waals surface area contributed by atoms with E-state index < -0.39 is 0 Å². The molecule has 12 fully saturated rings. The average Bonchev–Trinajstić information content (AvgIpc) is 2.87. The standard InChI is InChI=1S/C37H50N2O/c40-34(35-14-23-5-24(15-35)7-25(6-23)16-35)38-32-3-1-2-4-33(32)39(36-17-26-8-27(18-36)10-28(9-26)19-36)37-20-29-11-30(21-37)13-31(12-29)22-37/h1-4,23-31H,5-22H2,(H,38,40). The number of para-hydroxylation sites is 2. The number of amides is 1. The van der Waals surface area contributed by atoms with Crippen LogP contribution < -0.4 is 10.2 Å². The van der Waals surface area contributed by atoms with Gasteiger partial charge < -0.3 is 10.2 Å². The Morgan fingerprint density at radius 1 is 0.550 bits per heavy atom. The zero-order chi connectivity index (χ0) is 26.3. The van der Waals surface area contributed by atoms with Crippen molar-refractivity contribution in [1.29, 1.82) is 0 Å². The molecule has 13 rings (SSSR count). The molecule has 3 nitrogen and oxygen atoms in total. The summed E-state index contributed by atoms with van der Waals surface area (Å²) in [6.07, 6.45) is 25.1. The summed E-state index contributed by atoms with van der Waals surface area (Å²) in [6.45, 7) is 0. The number of carbonyl (C=O) groups excluding carboxylic acids is 1. The van der Waals surface area contributed by atoms with Gasteiger partial charge in [0.15, 0.2) is 0 Å². The second-order valence-electron chi connectivity index (χ2n) is 17.8. The van der Waals surface area contributed by atoms with Gasteiger partial charge in [-0.3, -0.25) is 4.79 Å². The van der Waals surface area contributed by atoms with Crippen LogP contribution in [0.3, 0.4) is 0 Å². The van der Waals surface area contributed by atoms with Gasteiger partial charge in [-0.05, 0) is 181 Å². The summed E-state index contributed by atoms with van der Waals surface area (Å²) in [7, 11) is 0. The van der Waals surface area contributed by atoms with E-state index >= 15 is 0 Å². The van der Waals surface area contributed by atoms with Gasteiger partial charge in [-0.1, -0.05) is 12.1 Å². The summed E-state index contributed by atoms with van der Waals surface area (Å²) in [5, 5.41) is 3.73. The van der Waals surface area contributed by atoms with Gasteiger partial charge in [-0.2, -0.15) is 0 Å². The molecule has 0 radical (unpaired) electrons. The van der Waals surface area contributed by atoms with Gasteiger partial charge in [0.1, 0.15) is 0 Å². The molecule has 1 N–H and O–H groups in total. The number of carbonyl (C=O) groups is 1. The molecule has 3 heteroatoms. The van der Waals surface area contributed by atoms with Gasteiger partial charge in [0.05, 0.1) is 16.8 Å². The average molecular weight is 539 g/mol. The van der Waals surface area contributed by atoms with E-state index in [1.54, 1.807) is 0 Å². The van der Waals surface area contributed by atoms with Crippen LogP contribution in [0, 0.1) is 58.7 Å². The Morgan fingerprint density at radius 2 is 0.900 bits per heavy atom. The summed E-state index contributed by atoms with van der Waals surface area (Å²) in [4.78, 5) is 17.6. The van der Waals surface area contributed by atoms with Crippen LogP contribution in [0.15, 0.2) is 24.3 Å². The van der Waals surface area contributed by atoms with Crippen LogP contribution in [0.5, 0.6) is 0 Å². The molecule has 1 aromatic carbocycles. The number of rotatable bonds is 5. The first-order valence-corrected chi connectivity index (χ1v) is 17.7. The largest absolute Gasteiger partial charge is 0.358 e. The molecule has 1 amide bonds. The third-order valence-electron chi connectivity index (χ3n) is 14.9. The van der Waals surface area contributed by atoms with Crippen molar-refractivity contribution in [3.63, 3.8) is 0 Å². The minimum atomic E-state index is -0.0892. The Bertz CT molecular complexity index is 1080. The Balaban J connectivity index is 1.06. The Hall–Kier alpha value is -1.51. The first kappa shape index (κ1) is 24.0. The normalized spacial score (nSPS) is 52.4. The molecule has 0 atom stereocenters. The van der Waals surface area contributed by atoms with Crippen LogP contribution in [0.1, 0.15) is 116 Å². The zero-order valence-corrected chi connectivity index (χ0v) is 24.6. The van der Waals surface area contributed by atoms with Gasteiger partial charge in [0.25, 0.3) is 0 Å². The fourth-order valence-electron chi connectivity index (χ4n) is 15.1. The van der Waals surface area contributed by atoms with Crippen molar-refractivity contribution in [1.82, 2.24) is 0 Å². The second kappa shape index (κ2) is 8.10. The lowest BCUT2D eigenvalue weighted by Gasteiger charge is -2.69. The lowest BCUT2D eigenvalue weighted by molar-refractivity contribution is -0.140. The minimum Gasteiger partial charge on any atom is -0.358 e. The van der Waals surface area contributed by atoms with E-state index in [1.165, 1.54) is 102 Å². The molecule has 0 spiro atoms. The van der Waals surface area contributed by atoms with Crippen molar-refractivity contribution in [2.45, 2.75) is 127 Å². The highest BCUT2D eigenvalue weighted by Gasteiger charge is 2.62. The van der Waals surface area contributed by atoms with E-state index in [9.17, 15) is 4.79 Å². The highest BCUT2D eigenvalue weighted by Crippen LogP contribution is 2.66. The van der Waals surface area contributed by atoms with Gasteiger partial charge in [0, 0.05) is 11.1 Å². The molecule has 40 heavy (non-hydrogen) atoms. The molecule has 0 aliphatic heterocycles. The maximum Gasteiger partial charge on any atom is 0.230 e. The number of benzene rings is 1. The van der Waals surface area contributed by atoms with Crippen LogP contribution >= 0.6 is 0 Å². The van der Waals surface area contributed by atoms with Crippen LogP contribution in [0.4, 0.5) is 11.4 Å². The van der Waals surface area contributed by atoms with Crippen molar-refractivity contribution in [3.05, 3.63) is 24.3 Å². The van der Waals surface area contributed by atoms with E-state index in [1.807, 2.05) is 0 Å². The monoisotopic (exact) mass is 538 g/mol. The third kappa shape index (κ3) is 3.39. The van der Waals surface area contributed by atoms with Gasteiger partial charge in [-0.15, -0.1) is 0 Å². The van der Waals surface area contributed by atoms with E-state index in [-0.39, 0.29) is 5.41 Å². The zero-order valence-electron chi connectivity index (χ0n) is 24.6. The fraction of sp³-hybridized carbons (Fsp3) is 0.811. The molecule has 12 aliphatic rings. The van der Waals surface area contributed by atoms with Crippen LogP contribution in [0.25, 0.3) is 0 Å². The van der Waals surface area contributed by atoms with Crippen molar-refractivity contribution >= 4 is 17.3 Å². The first-order valence-electron chi connectivity index (χ1n) is 17.7. The second-order valence-corrected chi connectivity index (χ2v) is 17.8. The van der Waals surface area contributed by atoms with Crippen molar-refractivity contribution in [2.24, 2.45) is 58.7 Å². The molecule has 0 heterocycles. The third-order valence-corrected chi connectivity index (χ3v) is 14.9. The van der Waals surface area contributed by atoms with E-state index in [2.05, 4.69) is 34.5 Å². The smallest absolute Gasteiger partial charge is 0.230 e. The lowest BCUT2D eigenvalue weighted by atomic mass is 9.48. The molecule has 0 saturated heterocycles. The first-order chi connectivity index (χ1) is 19.4. The van der Waals surface area contributed by atoms with E-state index in [0.29, 0.717) is 17.0 Å². The van der Waals surface area contributed by atoms with Gasteiger partial charge in [-0.25, -0.2) is 0 Å². The Morgan fingerprint density at radius 3 is 1.30 bits per heavy atom. The highest BCUT2D eigenvalue weighted by atomic mass is 16.2. The Kier molecular flexibility index (Phi) is 4.86. The summed E-state index contributed by atoms with van der Waals surface area (Å²) in [6, 6.07) is 9.24. The lowest BCUT2D eigenvalue weighted by Crippen LogP contribution is -2.71. The summed E-state index contributed by atoms with van der Waals surface area (Å²) >= 11 is 0. The molecule has 0 unspecified atom stereocenters. The minimum absolute atomic E-state index is 0.0892. The molecule has 12 aliphatic carbocycles. The topological polar surface area (TPSA) is 32.3 Å². The van der Waals surface area contributed by atoms with Crippen LogP contribution in [-0.2, 0) is 4.79 Å². The molecule has 1 aromatic rings. The van der Waals surface area contributed by atoms with Crippen LogP contribution in [-0.4, -0.2) is 17.0 Å². The number of nitrogens with one attached hydrogen (secondary N) is 1. The predicted molar refractivity (Wildman–Crippen MR) is 160 cm³/mol. The highest BCUT2D eigenvalue weighted by molar-refractivity contribution is 5.98. The van der Waals surface area contributed by atoms with Gasteiger partial charge >= 0.3 is 0 Å². The number of hydrogen-bond acceptors (Lipinski definition) is 2. The molecule has 12 bridgehead atoms. The van der Waals surface area contributed by atoms with Crippen molar-refractivity contribution < 1.29 is 4.79 Å². The summed E-state index contributed by atoms with van der Waals surface area (Å²) in [5.41, 5.74) is 3.14. The van der Waals surface area contributed by atoms with E-state index in [0.717, 1.165) is 78.2 Å². The molecular weight excluding hydrogens is 488 g/mol. The summed E-state index contributed by atoms with van der Waals surface area (Å²) in [5.74, 6) is 8.46. The maximum atomic E-state index is 14.4. The number of nitrogens with zero attached hydrogens (tertiary/aromatic N) is 1. The fourth-order valence-corrected chi connectivity index (χ4v) is 15.1. The maximum absolute atomic E-state index is 14.4. The van der Waals surface area contributed by atoms with E-state index in [4.69, 9.17) is 0 Å². The van der Waals surface area contributed by atoms with Crippen molar-refractivity contribution in [2.75, 3.05) is 10.2 Å². The SMILES string of the molecule is O=C(Nc1ccccc1N(C12CC3CC(CC(C3)C1)C2)C12CC3CC(CC(C3)C1)C2)C12CC3CC(CC(C3)C1)C2. The summed E-state index contributed by atoms with van der Waals surface area (Å²) < 4.78 is 0. The van der Waals surface area contributed by atoms with Crippen LogP contribution in [0.2, 0.25) is 0 Å². The predicted octanol–water partition coefficient (Wildman–Crippen LogP) is 8.59. The number of hydrogen-bond donors (Lipinski definition) is 1. The molecule has 0 aromatic heterocycles. The number of anilines is 2.